The number of hydrogen-bond acceptors (Lipinski definition) is 3. The van der Waals surface area contributed by atoms with Crippen LogP contribution in [0.2, 0.25) is 0 Å². The number of rotatable bonds is 6. The first kappa shape index (κ1) is 14.6. The third-order valence-electron chi connectivity index (χ3n) is 3.26. The molecular formula is C14H23N3O. The van der Waals surface area contributed by atoms with Crippen LogP contribution < -0.4 is 5.73 Å². The lowest BCUT2D eigenvalue weighted by Gasteiger charge is -2.26. The average Bonchev–Trinajstić information content (AvgIpc) is 2.38. The molecule has 0 aliphatic rings. The van der Waals surface area contributed by atoms with Gasteiger partial charge in [-0.3, -0.25) is 9.78 Å². The summed E-state index contributed by atoms with van der Waals surface area (Å²) in [5.74, 6) is 0.0975. The second-order valence-corrected chi connectivity index (χ2v) is 4.71. The molecule has 100 valence electrons. The Morgan fingerprint density at radius 2 is 2.06 bits per heavy atom. The third-order valence-corrected chi connectivity index (χ3v) is 3.26. The summed E-state index contributed by atoms with van der Waals surface area (Å²) in [5, 5.41) is 0. The Bertz CT molecular complexity index is 367. The van der Waals surface area contributed by atoms with E-state index in [9.17, 15) is 4.79 Å². The van der Waals surface area contributed by atoms with Gasteiger partial charge in [0.15, 0.2) is 0 Å². The molecule has 0 radical (unpaired) electrons. The van der Waals surface area contributed by atoms with Gasteiger partial charge in [-0.2, -0.15) is 0 Å². The average molecular weight is 249 g/mol. The Morgan fingerprint density at radius 1 is 1.44 bits per heavy atom. The van der Waals surface area contributed by atoms with Crippen molar-refractivity contribution in [3.63, 3.8) is 0 Å². The standard InChI is InChI=1S/C14H23N3O/c1-4-5-13(15)10-14(18)17(3)11(2)12-6-8-16-9-7-12/h6-9,11,13H,4-5,10,15H2,1-3H3. The molecule has 1 amide bonds. The van der Waals surface area contributed by atoms with Crippen molar-refractivity contribution in [3.05, 3.63) is 30.1 Å². The molecule has 2 unspecified atom stereocenters. The van der Waals surface area contributed by atoms with E-state index in [2.05, 4.69) is 11.9 Å². The zero-order chi connectivity index (χ0) is 13.5. The van der Waals surface area contributed by atoms with Crippen molar-refractivity contribution < 1.29 is 4.79 Å². The number of nitrogens with zero attached hydrogens (tertiary/aromatic N) is 2. The Morgan fingerprint density at radius 3 is 2.61 bits per heavy atom. The van der Waals surface area contributed by atoms with Gasteiger partial charge in [-0.05, 0) is 31.0 Å². The van der Waals surface area contributed by atoms with Crippen molar-refractivity contribution in [2.45, 2.75) is 45.2 Å². The molecule has 1 aromatic heterocycles. The molecule has 0 aromatic carbocycles. The van der Waals surface area contributed by atoms with E-state index in [4.69, 9.17) is 5.73 Å². The Labute approximate surface area is 109 Å². The molecule has 0 aliphatic heterocycles. The molecule has 2 atom stereocenters. The normalized spacial score (nSPS) is 14.0. The van der Waals surface area contributed by atoms with Gasteiger partial charge < -0.3 is 10.6 Å². The minimum Gasteiger partial charge on any atom is -0.339 e. The van der Waals surface area contributed by atoms with E-state index in [1.807, 2.05) is 26.1 Å². The topological polar surface area (TPSA) is 59.2 Å². The molecule has 1 aromatic rings. The highest BCUT2D eigenvalue weighted by atomic mass is 16.2. The van der Waals surface area contributed by atoms with E-state index in [0.717, 1.165) is 18.4 Å². The fourth-order valence-corrected chi connectivity index (χ4v) is 1.92. The first-order valence-electron chi connectivity index (χ1n) is 6.47. The van der Waals surface area contributed by atoms with Crippen molar-refractivity contribution in [1.29, 1.82) is 0 Å². The molecule has 4 heteroatoms. The van der Waals surface area contributed by atoms with Gasteiger partial charge in [-0.1, -0.05) is 13.3 Å². The van der Waals surface area contributed by atoms with Crippen LogP contribution in [0.4, 0.5) is 0 Å². The SMILES string of the molecule is CCCC(N)CC(=O)N(C)C(C)c1ccncc1. The predicted molar refractivity (Wildman–Crippen MR) is 72.9 cm³/mol. The van der Waals surface area contributed by atoms with Crippen molar-refractivity contribution in [2.24, 2.45) is 5.73 Å². The van der Waals surface area contributed by atoms with Gasteiger partial charge in [0.2, 0.25) is 5.91 Å². The van der Waals surface area contributed by atoms with Crippen LogP contribution in [0, 0.1) is 0 Å². The highest BCUT2D eigenvalue weighted by Crippen LogP contribution is 2.18. The molecule has 0 saturated carbocycles. The highest BCUT2D eigenvalue weighted by Gasteiger charge is 2.19. The lowest BCUT2D eigenvalue weighted by atomic mass is 10.1. The summed E-state index contributed by atoms with van der Waals surface area (Å²) in [6, 6.07) is 3.88. The summed E-state index contributed by atoms with van der Waals surface area (Å²) >= 11 is 0. The summed E-state index contributed by atoms with van der Waals surface area (Å²) in [6.45, 7) is 4.09. The Balaban J connectivity index is 2.58. The maximum absolute atomic E-state index is 12.1. The molecule has 2 N–H and O–H groups in total. The molecule has 0 bridgehead atoms. The molecule has 4 nitrogen and oxygen atoms in total. The molecular weight excluding hydrogens is 226 g/mol. The largest absolute Gasteiger partial charge is 0.339 e. The first-order chi connectivity index (χ1) is 8.56. The van der Waals surface area contributed by atoms with E-state index in [0.29, 0.717) is 6.42 Å². The number of amides is 1. The Kier molecular flexibility index (Phi) is 5.78. The Hall–Kier alpha value is -1.42. The van der Waals surface area contributed by atoms with Gasteiger partial charge in [0, 0.05) is 31.9 Å². The fourth-order valence-electron chi connectivity index (χ4n) is 1.92. The number of nitrogens with two attached hydrogens (primary N) is 1. The lowest BCUT2D eigenvalue weighted by Crippen LogP contribution is -2.34. The van der Waals surface area contributed by atoms with Crippen LogP contribution in [0.5, 0.6) is 0 Å². The molecule has 1 heterocycles. The van der Waals surface area contributed by atoms with Crippen LogP contribution >= 0.6 is 0 Å². The van der Waals surface area contributed by atoms with Crippen LogP contribution in [0.25, 0.3) is 0 Å². The summed E-state index contributed by atoms with van der Waals surface area (Å²) < 4.78 is 0. The van der Waals surface area contributed by atoms with E-state index in [1.54, 1.807) is 17.3 Å². The second-order valence-electron chi connectivity index (χ2n) is 4.71. The molecule has 0 aliphatic carbocycles. The maximum Gasteiger partial charge on any atom is 0.224 e. The van der Waals surface area contributed by atoms with Gasteiger partial charge in [0.25, 0.3) is 0 Å². The number of carbonyl (C=O) groups is 1. The van der Waals surface area contributed by atoms with Crippen molar-refractivity contribution in [1.82, 2.24) is 9.88 Å². The summed E-state index contributed by atoms with van der Waals surface area (Å²) in [5.41, 5.74) is 6.99. The number of carbonyl (C=O) groups excluding carboxylic acids is 1. The van der Waals surface area contributed by atoms with Crippen LogP contribution in [-0.4, -0.2) is 28.9 Å². The van der Waals surface area contributed by atoms with Crippen LogP contribution in [0.1, 0.15) is 44.7 Å². The van der Waals surface area contributed by atoms with Crippen molar-refractivity contribution >= 4 is 5.91 Å². The number of aromatic nitrogens is 1. The van der Waals surface area contributed by atoms with E-state index >= 15 is 0 Å². The van der Waals surface area contributed by atoms with Gasteiger partial charge >= 0.3 is 0 Å². The maximum atomic E-state index is 12.1. The van der Waals surface area contributed by atoms with Crippen LogP contribution in [-0.2, 0) is 4.79 Å². The van der Waals surface area contributed by atoms with E-state index in [-0.39, 0.29) is 18.0 Å². The van der Waals surface area contributed by atoms with Gasteiger partial charge in [-0.25, -0.2) is 0 Å². The predicted octanol–water partition coefficient (Wildman–Crippen LogP) is 2.12. The zero-order valence-electron chi connectivity index (χ0n) is 11.5. The first-order valence-corrected chi connectivity index (χ1v) is 6.47. The monoisotopic (exact) mass is 249 g/mol. The van der Waals surface area contributed by atoms with Crippen molar-refractivity contribution in [2.75, 3.05) is 7.05 Å². The highest BCUT2D eigenvalue weighted by molar-refractivity contribution is 5.77. The van der Waals surface area contributed by atoms with Crippen LogP contribution in [0.15, 0.2) is 24.5 Å². The molecule has 0 spiro atoms. The quantitative estimate of drug-likeness (QED) is 0.840. The zero-order valence-corrected chi connectivity index (χ0v) is 11.5. The van der Waals surface area contributed by atoms with E-state index in [1.165, 1.54) is 0 Å². The summed E-state index contributed by atoms with van der Waals surface area (Å²) in [4.78, 5) is 17.8. The molecule has 0 saturated heterocycles. The molecule has 18 heavy (non-hydrogen) atoms. The molecule has 0 fully saturated rings. The fraction of sp³-hybridized carbons (Fsp3) is 0.571. The van der Waals surface area contributed by atoms with E-state index < -0.39 is 0 Å². The van der Waals surface area contributed by atoms with Crippen LogP contribution in [0.3, 0.4) is 0 Å². The second kappa shape index (κ2) is 7.11. The number of pyridine rings is 1. The third kappa shape index (κ3) is 4.11. The summed E-state index contributed by atoms with van der Waals surface area (Å²) in [7, 11) is 1.83. The minimum absolute atomic E-state index is 0.0328. The van der Waals surface area contributed by atoms with Gasteiger partial charge in [-0.15, -0.1) is 0 Å². The minimum atomic E-state index is -0.0328. The van der Waals surface area contributed by atoms with Crippen molar-refractivity contribution in [3.8, 4) is 0 Å². The smallest absolute Gasteiger partial charge is 0.224 e. The van der Waals surface area contributed by atoms with Gasteiger partial charge in [0.1, 0.15) is 0 Å². The number of hydrogen-bond donors (Lipinski definition) is 1. The van der Waals surface area contributed by atoms with Gasteiger partial charge in [0.05, 0.1) is 6.04 Å². The lowest BCUT2D eigenvalue weighted by molar-refractivity contribution is -0.132. The summed E-state index contributed by atoms with van der Waals surface area (Å²) in [6.07, 6.45) is 5.81. The molecule has 1 rings (SSSR count).